The van der Waals surface area contributed by atoms with Crippen LogP contribution in [0.3, 0.4) is 0 Å². The molecule has 1 aromatic carbocycles. The Morgan fingerprint density at radius 3 is 3.11 bits per heavy atom. The van der Waals surface area contributed by atoms with Gasteiger partial charge in [0.15, 0.2) is 11.5 Å². The van der Waals surface area contributed by atoms with Crippen molar-refractivity contribution in [1.82, 2.24) is 4.98 Å². The van der Waals surface area contributed by atoms with Gasteiger partial charge in [-0.15, -0.1) is 11.3 Å². The standard InChI is InChI=1S/C13H12N2O2S/c1-2-11-12(14-5-1)15-13(18-11)8-3-4-9-10(6-8)17-7-16-9/h3-4,6,14H,1-2,5,7H2. The van der Waals surface area contributed by atoms with Crippen LogP contribution in [0.2, 0.25) is 0 Å². The van der Waals surface area contributed by atoms with Gasteiger partial charge in [-0.2, -0.15) is 0 Å². The molecule has 2 aliphatic rings. The van der Waals surface area contributed by atoms with E-state index < -0.39 is 0 Å². The van der Waals surface area contributed by atoms with Gasteiger partial charge >= 0.3 is 0 Å². The molecule has 1 N–H and O–H groups in total. The Bertz CT molecular complexity index is 586. The van der Waals surface area contributed by atoms with Crippen LogP contribution in [-0.2, 0) is 6.42 Å². The lowest BCUT2D eigenvalue weighted by molar-refractivity contribution is 0.174. The van der Waals surface area contributed by atoms with E-state index in [1.54, 1.807) is 11.3 Å². The number of ether oxygens (including phenoxy) is 2. The van der Waals surface area contributed by atoms with Crippen LogP contribution >= 0.6 is 11.3 Å². The zero-order valence-corrected chi connectivity index (χ0v) is 10.5. The summed E-state index contributed by atoms with van der Waals surface area (Å²) in [7, 11) is 0. The molecule has 4 rings (SSSR count). The maximum absolute atomic E-state index is 5.40. The van der Waals surface area contributed by atoms with Gasteiger partial charge < -0.3 is 14.8 Å². The molecular weight excluding hydrogens is 248 g/mol. The van der Waals surface area contributed by atoms with E-state index >= 15 is 0 Å². The van der Waals surface area contributed by atoms with Crippen molar-refractivity contribution in [1.29, 1.82) is 0 Å². The summed E-state index contributed by atoms with van der Waals surface area (Å²) in [5.41, 5.74) is 1.10. The molecule has 3 heterocycles. The van der Waals surface area contributed by atoms with Crippen molar-refractivity contribution in [2.75, 3.05) is 18.7 Å². The van der Waals surface area contributed by atoms with Crippen LogP contribution in [0.5, 0.6) is 11.5 Å². The number of nitrogens with one attached hydrogen (secondary N) is 1. The van der Waals surface area contributed by atoms with E-state index in [2.05, 4.69) is 10.3 Å². The molecule has 0 bridgehead atoms. The Balaban J connectivity index is 1.76. The third kappa shape index (κ3) is 1.54. The van der Waals surface area contributed by atoms with E-state index in [0.29, 0.717) is 6.79 Å². The second-order valence-electron chi connectivity index (χ2n) is 4.39. The first-order valence-corrected chi connectivity index (χ1v) is 6.85. The van der Waals surface area contributed by atoms with Crippen LogP contribution in [0.25, 0.3) is 10.6 Å². The maximum atomic E-state index is 5.40. The monoisotopic (exact) mass is 260 g/mol. The highest BCUT2D eigenvalue weighted by molar-refractivity contribution is 7.15. The Morgan fingerprint density at radius 2 is 2.17 bits per heavy atom. The fourth-order valence-corrected chi connectivity index (χ4v) is 3.34. The number of thiazole rings is 1. The molecule has 0 aliphatic carbocycles. The fraction of sp³-hybridized carbons (Fsp3) is 0.308. The molecule has 0 saturated carbocycles. The average Bonchev–Trinajstić information content (AvgIpc) is 3.04. The number of hydrogen-bond donors (Lipinski definition) is 1. The second-order valence-corrected chi connectivity index (χ2v) is 5.47. The lowest BCUT2D eigenvalue weighted by atomic mass is 10.2. The fourth-order valence-electron chi connectivity index (χ4n) is 2.27. The molecule has 0 spiro atoms. The topological polar surface area (TPSA) is 43.4 Å². The normalized spacial score (nSPS) is 16.2. The van der Waals surface area contributed by atoms with Crippen LogP contribution in [0.1, 0.15) is 11.3 Å². The molecule has 0 unspecified atom stereocenters. The molecular formula is C13H12N2O2S. The van der Waals surface area contributed by atoms with Crippen molar-refractivity contribution in [3.63, 3.8) is 0 Å². The predicted molar refractivity (Wildman–Crippen MR) is 70.5 cm³/mol. The molecule has 2 aromatic rings. The van der Waals surface area contributed by atoms with Crippen molar-refractivity contribution in [3.05, 3.63) is 23.1 Å². The minimum Gasteiger partial charge on any atom is -0.454 e. The summed E-state index contributed by atoms with van der Waals surface area (Å²) in [6.07, 6.45) is 2.32. The van der Waals surface area contributed by atoms with E-state index in [4.69, 9.17) is 9.47 Å². The number of aryl methyl sites for hydroxylation is 1. The highest BCUT2D eigenvalue weighted by atomic mass is 32.1. The van der Waals surface area contributed by atoms with Gasteiger partial charge in [-0.3, -0.25) is 0 Å². The SMILES string of the molecule is c1cc2c(cc1-c1nc3c(s1)CCCN3)OCO2. The van der Waals surface area contributed by atoms with Gasteiger partial charge in [0.25, 0.3) is 0 Å². The number of hydrogen-bond acceptors (Lipinski definition) is 5. The van der Waals surface area contributed by atoms with E-state index in [1.165, 1.54) is 11.3 Å². The van der Waals surface area contributed by atoms with Gasteiger partial charge in [-0.05, 0) is 31.0 Å². The van der Waals surface area contributed by atoms with Crippen LogP contribution in [0, 0.1) is 0 Å². The number of benzene rings is 1. The van der Waals surface area contributed by atoms with Gasteiger partial charge in [0.05, 0.1) is 0 Å². The number of anilines is 1. The van der Waals surface area contributed by atoms with Gasteiger partial charge in [0.1, 0.15) is 10.8 Å². The highest BCUT2D eigenvalue weighted by Crippen LogP contribution is 2.39. The molecule has 0 radical (unpaired) electrons. The van der Waals surface area contributed by atoms with E-state index in [1.807, 2.05) is 18.2 Å². The number of nitrogens with zero attached hydrogens (tertiary/aromatic N) is 1. The lowest BCUT2D eigenvalue weighted by Crippen LogP contribution is -2.09. The molecule has 5 heteroatoms. The van der Waals surface area contributed by atoms with Gasteiger partial charge in [-0.1, -0.05) is 0 Å². The number of fused-ring (bicyclic) bond motifs is 2. The van der Waals surface area contributed by atoms with Crippen molar-refractivity contribution in [2.45, 2.75) is 12.8 Å². The highest BCUT2D eigenvalue weighted by Gasteiger charge is 2.18. The largest absolute Gasteiger partial charge is 0.454 e. The maximum Gasteiger partial charge on any atom is 0.231 e. The molecule has 2 aliphatic heterocycles. The number of aromatic nitrogens is 1. The Kier molecular flexibility index (Phi) is 2.20. The summed E-state index contributed by atoms with van der Waals surface area (Å²) < 4.78 is 10.7. The van der Waals surface area contributed by atoms with Crippen LogP contribution in [0.4, 0.5) is 5.82 Å². The second kappa shape index (κ2) is 3.88. The van der Waals surface area contributed by atoms with Crippen molar-refractivity contribution in [2.24, 2.45) is 0 Å². The van der Waals surface area contributed by atoms with E-state index in [9.17, 15) is 0 Å². The zero-order valence-electron chi connectivity index (χ0n) is 9.73. The first-order valence-electron chi connectivity index (χ1n) is 6.04. The predicted octanol–water partition coefficient (Wildman–Crippen LogP) is 2.90. The molecule has 92 valence electrons. The summed E-state index contributed by atoms with van der Waals surface area (Å²) in [5, 5.41) is 4.40. The van der Waals surface area contributed by atoms with Crippen LogP contribution in [0.15, 0.2) is 18.2 Å². The average molecular weight is 260 g/mol. The van der Waals surface area contributed by atoms with Crippen molar-refractivity contribution < 1.29 is 9.47 Å². The van der Waals surface area contributed by atoms with Crippen molar-refractivity contribution >= 4 is 17.2 Å². The molecule has 0 amide bonds. The Labute approximate surface area is 109 Å². The molecule has 4 nitrogen and oxygen atoms in total. The molecule has 0 atom stereocenters. The minimum absolute atomic E-state index is 0.314. The lowest BCUT2D eigenvalue weighted by Gasteiger charge is -2.10. The smallest absolute Gasteiger partial charge is 0.231 e. The van der Waals surface area contributed by atoms with Gasteiger partial charge in [0, 0.05) is 17.0 Å². The summed E-state index contributed by atoms with van der Waals surface area (Å²) in [5.74, 6) is 2.69. The Morgan fingerprint density at radius 1 is 1.22 bits per heavy atom. The van der Waals surface area contributed by atoms with Crippen LogP contribution in [-0.4, -0.2) is 18.3 Å². The van der Waals surface area contributed by atoms with E-state index in [-0.39, 0.29) is 0 Å². The van der Waals surface area contributed by atoms with Crippen LogP contribution < -0.4 is 14.8 Å². The molecule has 1 aromatic heterocycles. The van der Waals surface area contributed by atoms with Gasteiger partial charge in [-0.25, -0.2) is 4.98 Å². The van der Waals surface area contributed by atoms with Crippen molar-refractivity contribution in [3.8, 4) is 22.1 Å². The summed E-state index contributed by atoms with van der Waals surface area (Å²) >= 11 is 1.76. The molecule has 18 heavy (non-hydrogen) atoms. The number of rotatable bonds is 1. The summed E-state index contributed by atoms with van der Waals surface area (Å²) in [6, 6.07) is 6.00. The third-order valence-corrected chi connectivity index (χ3v) is 4.35. The van der Waals surface area contributed by atoms with E-state index in [0.717, 1.165) is 40.9 Å². The summed E-state index contributed by atoms with van der Waals surface area (Å²) in [6.45, 7) is 1.34. The zero-order chi connectivity index (χ0) is 11.9. The summed E-state index contributed by atoms with van der Waals surface area (Å²) in [4.78, 5) is 6.01. The van der Waals surface area contributed by atoms with Gasteiger partial charge in [0.2, 0.25) is 6.79 Å². The minimum atomic E-state index is 0.314. The molecule has 0 fully saturated rings. The quantitative estimate of drug-likeness (QED) is 0.856. The first kappa shape index (κ1) is 10.2. The molecule has 0 saturated heterocycles. The third-order valence-electron chi connectivity index (χ3n) is 3.19. The Hall–Kier alpha value is -1.75. The first-order chi connectivity index (χ1) is 8.90.